The number of ether oxygens (including phenoxy) is 4. The molecule has 0 saturated heterocycles. The fourth-order valence-corrected chi connectivity index (χ4v) is 2.50. The van der Waals surface area contributed by atoms with E-state index in [0.717, 1.165) is 11.1 Å². The quantitative estimate of drug-likeness (QED) is 0.836. The van der Waals surface area contributed by atoms with Gasteiger partial charge in [-0.1, -0.05) is 11.6 Å². The number of hydrogen-bond acceptors (Lipinski definition) is 5. The summed E-state index contributed by atoms with van der Waals surface area (Å²) < 4.78 is 21.2. The highest BCUT2D eigenvalue weighted by Gasteiger charge is 2.15. The lowest BCUT2D eigenvalue weighted by Gasteiger charge is -2.15. The van der Waals surface area contributed by atoms with Gasteiger partial charge >= 0.3 is 0 Å². The summed E-state index contributed by atoms with van der Waals surface area (Å²) in [7, 11) is 6.22. The molecular weight excluding hydrogens is 322 g/mol. The zero-order valence-electron chi connectivity index (χ0n) is 15.1. The number of hydrogen-bond donors (Lipinski definition) is 1. The van der Waals surface area contributed by atoms with Gasteiger partial charge in [-0.25, -0.2) is 0 Å². The molecule has 6 nitrogen and oxygen atoms in total. The van der Waals surface area contributed by atoms with Crippen LogP contribution in [-0.4, -0.2) is 34.3 Å². The normalized spacial score (nSPS) is 10.1. The summed E-state index contributed by atoms with van der Waals surface area (Å²) in [4.78, 5) is 12.5. The highest BCUT2D eigenvalue weighted by atomic mass is 16.5. The van der Waals surface area contributed by atoms with Gasteiger partial charge in [-0.3, -0.25) is 4.79 Å². The van der Waals surface area contributed by atoms with Crippen LogP contribution in [0.15, 0.2) is 30.3 Å². The lowest BCUT2D eigenvalue weighted by atomic mass is 10.1. The summed E-state index contributed by atoms with van der Waals surface area (Å²) in [6, 6.07) is 8.98. The Kier molecular flexibility index (Phi) is 6.11. The molecule has 0 radical (unpaired) electrons. The molecule has 0 spiro atoms. The van der Waals surface area contributed by atoms with E-state index < -0.39 is 0 Å². The SMILES string of the molecule is COc1cc(OC)c(OC)cc1CNC(=O)c1cc(C)ccc1OC. The average Bonchev–Trinajstić information content (AvgIpc) is 2.65. The highest BCUT2D eigenvalue weighted by molar-refractivity contribution is 5.97. The van der Waals surface area contributed by atoms with Gasteiger partial charge in [-0.05, 0) is 25.1 Å². The minimum atomic E-state index is -0.225. The molecule has 0 atom stereocenters. The van der Waals surface area contributed by atoms with Crippen LogP contribution in [-0.2, 0) is 6.54 Å². The summed E-state index contributed by atoms with van der Waals surface area (Å²) in [5, 5.41) is 2.89. The van der Waals surface area contributed by atoms with Crippen LogP contribution in [0, 0.1) is 6.92 Å². The molecule has 25 heavy (non-hydrogen) atoms. The van der Waals surface area contributed by atoms with E-state index in [0.29, 0.717) is 28.6 Å². The summed E-state index contributed by atoms with van der Waals surface area (Å²) >= 11 is 0. The van der Waals surface area contributed by atoms with Crippen molar-refractivity contribution in [2.75, 3.05) is 28.4 Å². The van der Waals surface area contributed by atoms with Crippen molar-refractivity contribution in [1.82, 2.24) is 5.32 Å². The molecule has 1 N–H and O–H groups in total. The number of benzene rings is 2. The summed E-state index contributed by atoms with van der Waals surface area (Å²) in [6.07, 6.45) is 0. The third-order valence-electron chi connectivity index (χ3n) is 3.83. The van der Waals surface area contributed by atoms with E-state index in [-0.39, 0.29) is 12.5 Å². The third-order valence-corrected chi connectivity index (χ3v) is 3.83. The fraction of sp³-hybridized carbons (Fsp3) is 0.316. The van der Waals surface area contributed by atoms with Crippen LogP contribution in [0.1, 0.15) is 21.5 Å². The summed E-state index contributed by atoms with van der Waals surface area (Å²) in [6.45, 7) is 2.20. The Hall–Kier alpha value is -2.89. The van der Waals surface area contributed by atoms with Gasteiger partial charge in [0.1, 0.15) is 11.5 Å². The van der Waals surface area contributed by atoms with E-state index in [2.05, 4.69) is 5.32 Å². The Morgan fingerprint density at radius 2 is 1.44 bits per heavy atom. The van der Waals surface area contributed by atoms with Gasteiger partial charge in [0.2, 0.25) is 0 Å². The van der Waals surface area contributed by atoms with E-state index in [1.165, 1.54) is 0 Å². The molecule has 2 rings (SSSR count). The molecular formula is C19H23NO5. The van der Waals surface area contributed by atoms with Gasteiger partial charge in [0.25, 0.3) is 5.91 Å². The first-order valence-electron chi connectivity index (χ1n) is 7.75. The number of amides is 1. The first-order chi connectivity index (χ1) is 12.0. The molecule has 1 amide bonds. The van der Waals surface area contributed by atoms with Crippen LogP contribution >= 0.6 is 0 Å². The van der Waals surface area contributed by atoms with E-state index >= 15 is 0 Å². The van der Waals surface area contributed by atoms with Crippen LogP contribution in [0.3, 0.4) is 0 Å². The van der Waals surface area contributed by atoms with Gasteiger partial charge in [0.15, 0.2) is 11.5 Å². The van der Waals surface area contributed by atoms with Gasteiger partial charge in [-0.15, -0.1) is 0 Å². The van der Waals surface area contributed by atoms with Crippen molar-refractivity contribution in [3.05, 3.63) is 47.0 Å². The number of carbonyl (C=O) groups is 1. The third kappa shape index (κ3) is 4.15. The number of nitrogens with one attached hydrogen (secondary N) is 1. The molecule has 2 aromatic carbocycles. The first kappa shape index (κ1) is 18.4. The van der Waals surface area contributed by atoms with Gasteiger partial charge in [-0.2, -0.15) is 0 Å². The Morgan fingerprint density at radius 1 is 0.840 bits per heavy atom. The summed E-state index contributed by atoms with van der Waals surface area (Å²) in [5.41, 5.74) is 2.25. The summed E-state index contributed by atoms with van der Waals surface area (Å²) in [5.74, 6) is 2.05. The molecule has 0 fully saturated rings. The number of carbonyl (C=O) groups excluding carboxylic acids is 1. The van der Waals surface area contributed by atoms with Crippen LogP contribution in [0.5, 0.6) is 23.0 Å². The smallest absolute Gasteiger partial charge is 0.255 e. The average molecular weight is 345 g/mol. The van der Waals surface area contributed by atoms with E-state index in [9.17, 15) is 4.79 Å². The van der Waals surface area contributed by atoms with Gasteiger partial charge in [0.05, 0.1) is 34.0 Å². The first-order valence-corrected chi connectivity index (χ1v) is 7.75. The second-order valence-corrected chi connectivity index (χ2v) is 5.41. The van der Waals surface area contributed by atoms with Gasteiger partial charge in [0, 0.05) is 18.2 Å². The largest absolute Gasteiger partial charge is 0.496 e. The molecule has 6 heteroatoms. The Labute approximate surface area is 147 Å². The molecule has 0 aliphatic heterocycles. The molecule has 0 aliphatic rings. The zero-order chi connectivity index (χ0) is 18.4. The zero-order valence-corrected chi connectivity index (χ0v) is 15.1. The Bertz CT molecular complexity index is 758. The molecule has 0 unspecified atom stereocenters. The monoisotopic (exact) mass is 345 g/mol. The molecule has 2 aromatic rings. The van der Waals surface area contributed by atoms with E-state index in [1.54, 1.807) is 52.7 Å². The lowest BCUT2D eigenvalue weighted by molar-refractivity contribution is 0.0947. The van der Waals surface area contributed by atoms with Crippen molar-refractivity contribution in [3.8, 4) is 23.0 Å². The lowest BCUT2D eigenvalue weighted by Crippen LogP contribution is -2.23. The van der Waals surface area contributed by atoms with Crippen LogP contribution in [0.25, 0.3) is 0 Å². The molecule has 0 bridgehead atoms. The maximum atomic E-state index is 12.5. The second-order valence-electron chi connectivity index (χ2n) is 5.41. The Morgan fingerprint density at radius 3 is 2.04 bits per heavy atom. The molecule has 0 aromatic heterocycles. The van der Waals surface area contributed by atoms with E-state index in [1.807, 2.05) is 13.0 Å². The van der Waals surface area contributed by atoms with Crippen molar-refractivity contribution in [1.29, 1.82) is 0 Å². The molecule has 0 saturated carbocycles. The van der Waals surface area contributed by atoms with Crippen LogP contribution in [0.4, 0.5) is 0 Å². The minimum absolute atomic E-state index is 0.225. The van der Waals surface area contributed by atoms with Crippen molar-refractivity contribution in [2.45, 2.75) is 13.5 Å². The van der Waals surface area contributed by atoms with Crippen LogP contribution < -0.4 is 24.3 Å². The maximum Gasteiger partial charge on any atom is 0.255 e. The molecule has 0 aliphatic carbocycles. The van der Waals surface area contributed by atoms with E-state index in [4.69, 9.17) is 18.9 Å². The highest BCUT2D eigenvalue weighted by Crippen LogP contribution is 2.34. The van der Waals surface area contributed by atoms with Crippen molar-refractivity contribution >= 4 is 5.91 Å². The van der Waals surface area contributed by atoms with Crippen molar-refractivity contribution in [3.63, 3.8) is 0 Å². The Balaban J connectivity index is 2.23. The fourth-order valence-electron chi connectivity index (χ4n) is 2.50. The van der Waals surface area contributed by atoms with Crippen molar-refractivity contribution in [2.24, 2.45) is 0 Å². The predicted molar refractivity (Wildman–Crippen MR) is 95.0 cm³/mol. The van der Waals surface area contributed by atoms with Crippen LogP contribution in [0.2, 0.25) is 0 Å². The molecule has 134 valence electrons. The number of aryl methyl sites for hydroxylation is 1. The van der Waals surface area contributed by atoms with Crippen molar-refractivity contribution < 1.29 is 23.7 Å². The predicted octanol–water partition coefficient (Wildman–Crippen LogP) is 2.96. The number of rotatable bonds is 7. The topological polar surface area (TPSA) is 66.0 Å². The van der Waals surface area contributed by atoms with Gasteiger partial charge < -0.3 is 24.3 Å². The maximum absolute atomic E-state index is 12.5. The minimum Gasteiger partial charge on any atom is -0.496 e. The number of methoxy groups -OCH3 is 4. The molecule has 0 heterocycles. The standard InChI is InChI=1S/C19H23NO5/c1-12-6-7-15(22-2)14(8-12)19(21)20-11-13-9-17(24-4)18(25-5)10-16(13)23-3/h6-10H,11H2,1-5H3,(H,20,21). The second kappa shape index (κ2) is 8.28.